The number of nitrogens with zero attached hydrogens (tertiary/aromatic N) is 4. The molecule has 1 heterocycles. The number of halogens is 2. The van der Waals surface area contributed by atoms with E-state index in [9.17, 15) is 4.39 Å². The molecule has 2 rings (SSSR count). The lowest BCUT2D eigenvalue weighted by Gasteiger charge is -2.08. The number of aromatic nitrogens is 4. The summed E-state index contributed by atoms with van der Waals surface area (Å²) >= 11 is 3.15. The fourth-order valence-corrected chi connectivity index (χ4v) is 1.80. The number of tetrazole rings is 1. The van der Waals surface area contributed by atoms with Crippen molar-refractivity contribution in [3.63, 3.8) is 0 Å². The van der Waals surface area contributed by atoms with Crippen LogP contribution >= 0.6 is 15.9 Å². The van der Waals surface area contributed by atoms with Crippen molar-refractivity contribution in [2.75, 3.05) is 0 Å². The van der Waals surface area contributed by atoms with Gasteiger partial charge >= 0.3 is 0 Å². The highest BCUT2D eigenvalue weighted by atomic mass is 79.9. The molecule has 0 amide bonds. The normalized spacial score (nSPS) is 11.2. The molecule has 1 aromatic carbocycles. The van der Waals surface area contributed by atoms with Crippen LogP contribution < -0.4 is 5.32 Å². The van der Waals surface area contributed by atoms with E-state index in [1.165, 1.54) is 6.07 Å². The van der Waals surface area contributed by atoms with Gasteiger partial charge in [-0.3, -0.25) is 0 Å². The zero-order valence-electron chi connectivity index (χ0n) is 10.1. The van der Waals surface area contributed by atoms with Gasteiger partial charge in [-0.15, -0.1) is 5.10 Å². The van der Waals surface area contributed by atoms with Gasteiger partial charge in [0, 0.05) is 6.04 Å². The van der Waals surface area contributed by atoms with Gasteiger partial charge in [0.1, 0.15) is 5.82 Å². The van der Waals surface area contributed by atoms with Gasteiger partial charge in [-0.1, -0.05) is 13.8 Å². The van der Waals surface area contributed by atoms with E-state index < -0.39 is 0 Å². The lowest BCUT2D eigenvalue weighted by molar-refractivity contribution is 0.562. The SMILES string of the molecule is CC(C)NCc1nnnn1-c1ccc(F)c(Br)c1. The Balaban J connectivity index is 2.27. The maximum absolute atomic E-state index is 13.2. The van der Waals surface area contributed by atoms with E-state index >= 15 is 0 Å². The molecule has 0 unspecified atom stereocenters. The van der Waals surface area contributed by atoms with E-state index in [1.807, 2.05) is 13.8 Å². The molecule has 2 aromatic rings. The summed E-state index contributed by atoms with van der Waals surface area (Å²) in [5.41, 5.74) is 0.717. The van der Waals surface area contributed by atoms with Crippen LogP contribution in [0.1, 0.15) is 19.7 Å². The monoisotopic (exact) mass is 313 g/mol. The van der Waals surface area contributed by atoms with E-state index in [0.29, 0.717) is 28.6 Å². The fraction of sp³-hybridized carbons (Fsp3) is 0.364. The highest BCUT2D eigenvalue weighted by Crippen LogP contribution is 2.19. The third-order valence-electron chi connectivity index (χ3n) is 2.35. The minimum atomic E-state index is -0.311. The molecule has 18 heavy (non-hydrogen) atoms. The van der Waals surface area contributed by atoms with Crippen LogP contribution in [0.3, 0.4) is 0 Å². The van der Waals surface area contributed by atoms with Crippen molar-refractivity contribution >= 4 is 15.9 Å². The van der Waals surface area contributed by atoms with E-state index in [2.05, 4.69) is 36.8 Å². The molecule has 1 aromatic heterocycles. The highest BCUT2D eigenvalue weighted by molar-refractivity contribution is 9.10. The Morgan fingerprint density at radius 1 is 1.44 bits per heavy atom. The van der Waals surface area contributed by atoms with Gasteiger partial charge in [-0.05, 0) is 44.6 Å². The average molecular weight is 314 g/mol. The van der Waals surface area contributed by atoms with Gasteiger partial charge in [0.05, 0.1) is 16.7 Å². The molecular weight excluding hydrogens is 301 g/mol. The first-order chi connectivity index (χ1) is 8.58. The number of hydrogen-bond acceptors (Lipinski definition) is 4. The molecule has 1 N–H and O–H groups in total. The summed E-state index contributed by atoms with van der Waals surface area (Å²) in [5.74, 6) is 0.371. The first-order valence-corrected chi connectivity index (χ1v) is 6.33. The second-order valence-electron chi connectivity index (χ2n) is 4.14. The molecular formula is C11H13BrFN5. The molecule has 0 aliphatic carbocycles. The Labute approximate surface area is 113 Å². The molecule has 0 saturated carbocycles. The van der Waals surface area contributed by atoms with Crippen molar-refractivity contribution in [3.8, 4) is 5.69 Å². The van der Waals surface area contributed by atoms with Gasteiger partial charge in [-0.2, -0.15) is 4.68 Å². The molecule has 0 radical (unpaired) electrons. The Bertz CT molecular complexity index is 540. The maximum atomic E-state index is 13.2. The topological polar surface area (TPSA) is 55.6 Å². The third-order valence-corrected chi connectivity index (χ3v) is 2.96. The van der Waals surface area contributed by atoms with Gasteiger partial charge in [0.15, 0.2) is 5.82 Å². The zero-order chi connectivity index (χ0) is 13.1. The molecule has 7 heteroatoms. The molecule has 96 valence electrons. The second kappa shape index (κ2) is 5.53. The van der Waals surface area contributed by atoms with Crippen LogP contribution in [-0.4, -0.2) is 26.2 Å². The van der Waals surface area contributed by atoms with Crippen LogP contribution in [0.2, 0.25) is 0 Å². The molecule has 0 aliphatic rings. The highest BCUT2D eigenvalue weighted by Gasteiger charge is 2.10. The summed E-state index contributed by atoms with van der Waals surface area (Å²) in [6.07, 6.45) is 0. The summed E-state index contributed by atoms with van der Waals surface area (Å²) in [6, 6.07) is 5.00. The smallest absolute Gasteiger partial charge is 0.170 e. The number of rotatable bonds is 4. The van der Waals surface area contributed by atoms with Crippen LogP contribution in [0.4, 0.5) is 4.39 Å². The van der Waals surface area contributed by atoms with Crippen molar-refractivity contribution < 1.29 is 4.39 Å². The number of benzene rings is 1. The van der Waals surface area contributed by atoms with Crippen molar-refractivity contribution in [2.45, 2.75) is 26.4 Å². The minimum absolute atomic E-state index is 0.311. The second-order valence-corrected chi connectivity index (χ2v) is 5.00. The quantitative estimate of drug-likeness (QED) is 0.938. The third kappa shape index (κ3) is 2.91. The van der Waals surface area contributed by atoms with Crippen molar-refractivity contribution in [1.82, 2.24) is 25.5 Å². The van der Waals surface area contributed by atoms with Gasteiger partial charge < -0.3 is 5.32 Å². The lowest BCUT2D eigenvalue weighted by atomic mass is 10.3. The van der Waals surface area contributed by atoms with Crippen LogP contribution in [0.25, 0.3) is 5.69 Å². The van der Waals surface area contributed by atoms with Crippen LogP contribution in [0.15, 0.2) is 22.7 Å². The number of hydrogen-bond donors (Lipinski definition) is 1. The fourth-order valence-electron chi connectivity index (χ4n) is 1.43. The van der Waals surface area contributed by atoms with Crippen molar-refractivity contribution in [3.05, 3.63) is 34.3 Å². The minimum Gasteiger partial charge on any atom is -0.308 e. The summed E-state index contributed by atoms with van der Waals surface area (Å²) in [6.45, 7) is 4.64. The molecule has 0 saturated heterocycles. The standard InChI is InChI=1S/C11H13BrFN5/c1-7(2)14-6-11-15-16-17-18(11)8-3-4-10(13)9(12)5-8/h3-5,7,14H,6H2,1-2H3. The first-order valence-electron chi connectivity index (χ1n) is 5.54. The van der Waals surface area contributed by atoms with E-state index in [0.717, 1.165) is 0 Å². The summed E-state index contributed by atoms with van der Waals surface area (Å²) in [5, 5.41) is 14.7. The zero-order valence-corrected chi connectivity index (χ0v) is 11.6. The van der Waals surface area contributed by atoms with Crippen molar-refractivity contribution in [2.24, 2.45) is 0 Å². The molecule has 0 bridgehead atoms. The molecule has 0 aliphatic heterocycles. The average Bonchev–Trinajstić information content (AvgIpc) is 2.78. The number of nitrogens with one attached hydrogen (secondary N) is 1. The van der Waals surface area contributed by atoms with Gasteiger partial charge in [-0.25, -0.2) is 4.39 Å². The maximum Gasteiger partial charge on any atom is 0.170 e. The van der Waals surface area contributed by atoms with Crippen LogP contribution in [0, 0.1) is 5.82 Å². The summed E-state index contributed by atoms with van der Waals surface area (Å²) in [4.78, 5) is 0. The van der Waals surface area contributed by atoms with Crippen LogP contribution in [0.5, 0.6) is 0 Å². The summed E-state index contributed by atoms with van der Waals surface area (Å²) in [7, 11) is 0. The van der Waals surface area contributed by atoms with E-state index in [1.54, 1.807) is 16.8 Å². The van der Waals surface area contributed by atoms with Crippen LogP contribution in [-0.2, 0) is 6.54 Å². The summed E-state index contributed by atoms with van der Waals surface area (Å²) < 4.78 is 15.1. The Kier molecular flexibility index (Phi) is 4.03. The Hall–Kier alpha value is -1.34. The first kappa shape index (κ1) is 13.1. The lowest BCUT2D eigenvalue weighted by Crippen LogP contribution is -2.24. The Morgan fingerprint density at radius 3 is 2.89 bits per heavy atom. The predicted molar refractivity (Wildman–Crippen MR) is 68.8 cm³/mol. The molecule has 0 spiro atoms. The molecule has 0 atom stereocenters. The van der Waals surface area contributed by atoms with E-state index in [-0.39, 0.29) is 5.82 Å². The predicted octanol–water partition coefficient (Wildman–Crippen LogP) is 2.06. The molecule has 5 nitrogen and oxygen atoms in total. The van der Waals surface area contributed by atoms with Gasteiger partial charge in [0.25, 0.3) is 0 Å². The van der Waals surface area contributed by atoms with Gasteiger partial charge in [0.2, 0.25) is 0 Å². The van der Waals surface area contributed by atoms with E-state index in [4.69, 9.17) is 0 Å². The molecule has 0 fully saturated rings. The van der Waals surface area contributed by atoms with Crippen molar-refractivity contribution in [1.29, 1.82) is 0 Å². The Morgan fingerprint density at radius 2 is 2.22 bits per heavy atom. The largest absolute Gasteiger partial charge is 0.308 e.